The van der Waals surface area contributed by atoms with E-state index in [0.29, 0.717) is 65.6 Å². The molecule has 2 aromatic carbocycles. The first kappa shape index (κ1) is 43.6. The molecule has 4 aromatic rings. The number of nitrogens with one attached hydrogen (secondary N) is 4. The van der Waals surface area contributed by atoms with Crippen molar-refractivity contribution in [2.75, 3.05) is 27.3 Å². The number of halogens is 2. The van der Waals surface area contributed by atoms with Crippen LogP contribution in [0.25, 0.3) is 33.6 Å². The summed E-state index contributed by atoms with van der Waals surface area (Å²) in [5.41, 5.74) is 6.55. The number of ether oxygens (including phenoxy) is 4. The maximum Gasteiger partial charge on any atom is 0.407 e. The van der Waals surface area contributed by atoms with Crippen LogP contribution in [0.15, 0.2) is 24.3 Å². The number of carbonyl (C=O) groups excluding carboxylic acids is 3. The van der Waals surface area contributed by atoms with Crippen LogP contribution < -0.4 is 20.1 Å². The molecule has 8 rings (SSSR count). The lowest BCUT2D eigenvalue weighted by Gasteiger charge is -2.36. The van der Waals surface area contributed by atoms with E-state index in [4.69, 9.17) is 52.1 Å². The fourth-order valence-electron chi connectivity index (χ4n) is 9.33. The SMILES string of the molecule is CC[C@H](C)[C@H](NC(=O)OC)C(=O)N1CCC[C@H]1c1nc(Cl)c(-c2cc3c4c(c2)OCc2cc(-c5[nH]c([C@@H]6CCCN6C(O)[C@@H](NC(=O)OC)[C@@H](C)CC)nc5Cl)cc(c2-4)OC3)[nH]1. The van der Waals surface area contributed by atoms with Crippen molar-refractivity contribution in [3.05, 3.63) is 57.3 Å². The maximum absolute atomic E-state index is 13.9. The molecule has 332 valence electrons. The van der Waals surface area contributed by atoms with Gasteiger partial charge in [-0.2, -0.15) is 0 Å². The Morgan fingerprint density at radius 1 is 0.806 bits per heavy atom. The van der Waals surface area contributed by atoms with Crippen LogP contribution in [0.2, 0.25) is 10.3 Å². The molecule has 0 aliphatic carbocycles. The zero-order chi connectivity index (χ0) is 44.0. The van der Waals surface area contributed by atoms with Gasteiger partial charge in [0, 0.05) is 46.5 Å². The van der Waals surface area contributed by atoms with Gasteiger partial charge in [0.15, 0.2) is 10.3 Å². The third-order valence-corrected chi connectivity index (χ3v) is 13.7. The number of amides is 3. The topological polar surface area (TPSA) is 196 Å². The average molecular weight is 894 g/mol. The van der Waals surface area contributed by atoms with Crippen LogP contribution in [-0.2, 0) is 27.5 Å². The minimum Gasteiger partial charge on any atom is -0.488 e. The molecule has 0 bridgehead atoms. The van der Waals surface area contributed by atoms with Crippen molar-refractivity contribution in [2.24, 2.45) is 11.8 Å². The first-order chi connectivity index (χ1) is 29.8. The summed E-state index contributed by atoms with van der Waals surface area (Å²) in [7, 11) is 2.59. The minimum atomic E-state index is -0.970. The summed E-state index contributed by atoms with van der Waals surface area (Å²) < 4.78 is 22.6. The number of imidazole rings is 2. The van der Waals surface area contributed by atoms with Crippen LogP contribution in [-0.4, -0.2) is 98.6 Å². The van der Waals surface area contributed by atoms with Gasteiger partial charge in [-0.3, -0.25) is 9.69 Å². The summed E-state index contributed by atoms with van der Waals surface area (Å²) >= 11 is 13.7. The summed E-state index contributed by atoms with van der Waals surface area (Å²) in [6.45, 7) is 9.62. The Balaban J connectivity index is 1.04. The maximum atomic E-state index is 13.9. The predicted octanol–water partition coefficient (Wildman–Crippen LogP) is 7.89. The second-order valence-electron chi connectivity index (χ2n) is 16.7. The molecule has 5 N–H and O–H groups in total. The molecule has 2 saturated heterocycles. The van der Waals surface area contributed by atoms with Crippen molar-refractivity contribution in [3.63, 3.8) is 0 Å². The summed E-state index contributed by atoms with van der Waals surface area (Å²) in [5.74, 6) is 2.29. The third kappa shape index (κ3) is 8.06. The molecule has 0 spiro atoms. The number of H-pyrrole nitrogens is 2. The first-order valence-corrected chi connectivity index (χ1v) is 22.2. The molecule has 2 fully saturated rings. The fraction of sp³-hybridized carbons (Fsp3) is 0.523. The van der Waals surface area contributed by atoms with Gasteiger partial charge in [-0.1, -0.05) is 63.7 Å². The average Bonchev–Trinajstić information content (AvgIpc) is 4.12. The van der Waals surface area contributed by atoms with Gasteiger partial charge in [-0.05, 0) is 61.8 Å². The quantitative estimate of drug-likeness (QED) is 0.0876. The van der Waals surface area contributed by atoms with E-state index >= 15 is 0 Å². The molecule has 0 radical (unpaired) electrons. The van der Waals surface area contributed by atoms with Gasteiger partial charge in [0.1, 0.15) is 48.6 Å². The number of hydrogen-bond donors (Lipinski definition) is 5. The van der Waals surface area contributed by atoms with E-state index < -0.39 is 30.5 Å². The van der Waals surface area contributed by atoms with E-state index in [1.54, 1.807) is 4.90 Å². The van der Waals surface area contributed by atoms with E-state index in [1.807, 2.05) is 56.9 Å². The molecule has 0 saturated carbocycles. The highest BCUT2D eigenvalue weighted by molar-refractivity contribution is 6.32. The van der Waals surface area contributed by atoms with Crippen LogP contribution in [0.4, 0.5) is 9.59 Å². The Morgan fingerprint density at radius 2 is 1.32 bits per heavy atom. The van der Waals surface area contributed by atoms with Crippen molar-refractivity contribution in [3.8, 4) is 45.1 Å². The lowest BCUT2D eigenvalue weighted by atomic mass is 9.87. The molecule has 7 atom stereocenters. The third-order valence-electron chi connectivity index (χ3n) is 13.1. The Morgan fingerprint density at radius 3 is 1.87 bits per heavy atom. The van der Waals surface area contributed by atoms with Gasteiger partial charge in [-0.15, -0.1) is 0 Å². The van der Waals surface area contributed by atoms with Crippen molar-refractivity contribution < 1.29 is 38.4 Å². The monoisotopic (exact) mass is 892 g/mol. The normalized spacial score (nSPS) is 20.3. The van der Waals surface area contributed by atoms with Gasteiger partial charge in [-0.25, -0.2) is 19.6 Å². The van der Waals surface area contributed by atoms with Gasteiger partial charge in [0.2, 0.25) is 5.91 Å². The molecular formula is C44H54Cl2N8O8. The number of likely N-dealkylation sites (tertiary alicyclic amines) is 2. The van der Waals surface area contributed by atoms with E-state index in [2.05, 4.69) is 20.6 Å². The van der Waals surface area contributed by atoms with Crippen LogP contribution in [0, 0.1) is 11.8 Å². The number of benzene rings is 2. The molecule has 1 unspecified atom stereocenters. The lowest BCUT2D eigenvalue weighted by Crippen LogP contribution is -2.54. The molecule has 2 aromatic heterocycles. The number of hydrogen-bond acceptors (Lipinski definition) is 11. The number of carbonyl (C=O) groups is 3. The number of aromatic amines is 2. The molecule has 3 amide bonds. The standard InChI is InChI=1S/C44H54Cl2N8O8/c1-7-21(3)33(49-43(57)59-5)41(55)53-13-9-11-27(53)39-47-35(37(45)51-39)23-15-25-19-62-30-18-24(16-26-20-61-29(17-23)31(25)32(26)30)36-38(46)52-40(48-36)28-12-10-14-54(28)42(56)34(22(4)8-2)50-44(58)60-6/h15-18,21-22,27-28,33-34,41,55H,7-14,19-20H2,1-6H3,(H,47,51)(H,48,52)(H,49,57)(H,50,58)/t21-,22-,27-,28-,33-,34-,41?/m0/s1. The predicted molar refractivity (Wildman–Crippen MR) is 232 cm³/mol. The second kappa shape index (κ2) is 18.0. The van der Waals surface area contributed by atoms with Crippen molar-refractivity contribution >= 4 is 41.3 Å². The van der Waals surface area contributed by atoms with Gasteiger partial charge >= 0.3 is 12.2 Å². The summed E-state index contributed by atoms with van der Waals surface area (Å²) in [6, 6.07) is 6.10. The smallest absolute Gasteiger partial charge is 0.407 e. The number of aromatic nitrogens is 4. The van der Waals surface area contributed by atoms with Crippen LogP contribution in [0.5, 0.6) is 11.5 Å². The van der Waals surface area contributed by atoms with Crippen LogP contribution >= 0.6 is 23.2 Å². The molecule has 4 aliphatic heterocycles. The number of nitrogens with zero attached hydrogens (tertiary/aromatic N) is 4. The van der Waals surface area contributed by atoms with E-state index in [-0.39, 0.29) is 48.2 Å². The minimum absolute atomic E-state index is 0.0107. The highest BCUT2D eigenvalue weighted by atomic mass is 35.5. The van der Waals surface area contributed by atoms with Gasteiger partial charge < -0.3 is 49.6 Å². The molecular weight excluding hydrogens is 839 g/mol. The van der Waals surface area contributed by atoms with E-state index in [0.717, 1.165) is 59.1 Å². The number of aliphatic hydroxyl groups excluding tert-OH is 1. The van der Waals surface area contributed by atoms with Gasteiger partial charge in [0.05, 0.1) is 43.7 Å². The Hall–Kier alpha value is -5.03. The van der Waals surface area contributed by atoms with E-state index in [9.17, 15) is 19.5 Å². The Bertz CT molecular complexity index is 2300. The number of rotatable bonds is 13. The Labute approximate surface area is 370 Å². The second-order valence-corrected chi connectivity index (χ2v) is 17.4. The highest BCUT2D eigenvalue weighted by Gasteiger charge is 2.41. The largest absolute Gasteiger partial charge is 0.488 e. The lowest BCUT2D eigenvalue weighted by molar-refractivity contribution is -0.135. The molecule has 16 nitrogen and oxygen atoms in total. The summed E-state index contributed by atoms with van der Waals surface area (Å²) in [6.07, 6.45) is 2.30. The number of alkyl carbamates (subject to hydrolysis) is 2. The first-order valence-electron chi connectivity index (χ1n) is 21.4. The number of methoxy groups -OCH3 is 2. The van der Waals surface area contributed by atoms with Gasteiger partial charge in [0.25, 0.3) is 0 Å². The highest BCUT2D eigenvalue weighted by Crippen LogP contribution is 2.52. The number of aliphatic hydroxyl groups is 1. The van der Waals surface area contributed by atoms with Crippen molar-refractivity contribution in [1.29, 1.82) is 0 Å². The van der Waals surface area contributed by atoms with Crippen molar-refractivity contribution in [1.82, 2.24) is 40.4 Å². The zero-order valence-electron chi connectivity index (χ0n) is 35.8. The Kier molecular flexibility index (Phi) is 12.7. The van der Waals surface area contributed by atoms with Crippen LogP contribution in [0.3, 0.4) is 0 Å². The molecule has 6 heterocycles. The molecule has 4 aliphatic rings. The zero-order valence-corrected chi connectivity index (χ0v) is 37.3. The molecule has 62 heavy (non-hydrogen) atoms. The molecule has 18 heteroatoms. The summed E-state index contributed by atoms with van der Waals surface area (Å²) in [5, 5.41) is 17.8. The van der Waals surface area contributed by atoms with E-state index in [1.165, 1.54) is 14.2 Å². The van der Waals surface area contributed by atoms with Crippen molar-refractivity contribution in [2.45, 2.75) is 110 Å². The fourth-order valence-corrected chi connectivity index (χ4v) is 9.83. The van der Waals surface area contributed by atoms with Crippen LogP contribution in [0.1, 0.15) is 101 Å². The summed E-state index contributed by atoms with van der Waals surface area (Å²) in [4.78, 5) is 58.4.